The van der Waals surface area contributed by atoms with E-state index in [0.717, 1.165) is 6.42 Å². The van der Waals surface area contributed by atoms with Gasteiger partial charge in [0.25, 0.3) is 0 Å². The van der Waals surface area contributed by atoms with Crippen LogP contribution in [0.5, 0.6) is 0 Å². The summed E-state index contributed by atoms with van der Waals surface area (Å²) < 4.78 is 4.70. The van der Waals surface area contributed by atoms with Gasteiger partial charge in [-0.3, -0.25) is 0 Å². The molecule has 0 heterocycles. The Morgan fingerprint density at radius 2 is 2.17 bits per heavy atom. The molecule has 1 amide bonds. The van der Waals surface area contributed by atoms with Gasteiger partial charge < -0.3 is 15.8 Å². The molecule has 0 rings (SSSR count). The normalized spacial score (nSPS) is 15.0. The van der Waals surface area contributed by atoms with Crippen molar-refractivity contribution in [1.29, 1.82) is 0 Å². The number of amides is 1. The molecule has 0 saturated heterocycles. The highest BCUT2D eigenvalue weighted by molar-refractivity contribution is 5.67. The minimum absolute atomic E-state index is 0.0732. The standard InChI is InChI=1S/C8H18N2O2/c1-4-12-8(11)10-7(3)5-6(2)9/h6-7H,4-5,9H2,1-3H3,(H,10,11). The maximum Gasteiger partial charge on any atom is 0.407 e. The van der Waals surface area contributed by atoms with Gasteiger partial charge in [0.15, 0.2) is 0 Å². The summed E-state index contributed by atoms with van der Waals surface area (Å²) in [6, 6.07) is 0.172. The summed E-state index contributed by atoms with van der Waals surface area (Å²) in [5.41, 5.74) is 5.55. The molecule has 0 fully saturated rings. The molecule has 12 heavy (non-hydrogen) atoms. The Hall–Kier alpha value is -0.770. The van der Waals surface area contributed by atoms with E-state index in [1.165, 1.54) is 0 Å². The van der Waals surface area contributed by atoms with Crippen LogP contribution in [-0.2, 0) is 4.74 Å². The third-order valence-electron chi connectivity index (χ3n) is 1.37. The summed E-state index contributed by atoms with van der Waals surface area (Å²) in [6.07, 6.45) is 0.393. The van der Waals surface area contributed by atoms with Crippen molar-refractivity contribution in [3.8, 4) is 0 Å². The van der Waals surface area contributed by atoms with Gasteiger partial charge >= 0.3 is 6.09 Å². The van der Waals surface area contributed by atoms with E-state index < -0.39 is 0 Å². The fraction of sp³-hybridized carbons (Fsp3) is 0.875. The molecule has 0 aromatic carbocycles. The number of nitrogens with two attached hydrogens (primary N) is 1. The van der Waals surface area contributed by atoms with E-state index in [4.69, 9.17) is 10.5 Å². The number of alkyl carbamates (subject to hydrolysis) is 1. The molecule has 0 aromatic rings. The third-order valence-corrected chi connectivity index (χ3v) is 1.37. The monoisotopic (exact) mass is 174 g/mol. The van der Waals surface area contributed by atoms with E-state index >= 15 is 0 Å². The molecule has 4 nitrogen and oxygen atoms in total. The van der Waals surface area contributed by atoms with Gasteiger partial charge in [0.05, 0.1) is 6.61 Å². The van der Waals surface area contributed by atoms with Crippen LogP contribution in [0.2, 0.25) is 0 Å². The van der Waals surface area contributed by atoms with Gasteiger partial charge in [-0.05, 0) is 27.2 Å². The highest BCUT2D eigenvalue weighted by atomic mass is 16.5. The van der Waals surface area contributed by atoms with Crippen LogP contribution < -0.4 is 11.1 Å². The first-order valence-corrected chi connectivity index (χ1v) is 4.25. The predicted octanol–water partition coefficient (Wildman–Crippen LogP) is 0.858. The Kier molecular flexibility index (Phi) is 5.45. The van der Waals surface area contributed by atoms with Crippen LogP contribution in [0.4, 0.5) is 4.79 Å². The smallest absolute Gasteiger partial charge is 0.407 e. The number of nitrogens with one attached hydrogen (secondary N) is 1. The fourth-order valence-corrected chi connectivity index (χ4v) is 0.991. The lowest BCUT2D eigenvalue weighted by atomic mass is 10.1. The van der Waals surface area contributed by atoms with E-state index in [1.54, 1.807) is 6.92 Å². The van der Waals surface area contributed by atoms with E-state index in [2.05, 4.69) is 5.32 Å². The van der Waals surface area contributed by atoms with Crippen LogP contribution in [0.1, 0.15) is 27.2 Å². The molecule has 0 aromatic heterocycles. The highest BCUT2D eigenvalue weighted by Gasteiger charge is 2.08. The zero-order valence-corrected chi connectivity index (χ0v) is 7.96. The summed E-state index contributed by atoms with van der Waals surface area (Å²) in [7, 11) is 0. The van der Waals surface area contributed by atoms with Crippen molar-refractivity contribution in [3.63, 3.8) is 0 Å². The predicted molar refractivity (Wildman–Crippen MR) is 47.9 cm³/mol. The average molecular weight is 174 g/mol. The summed E-state index contributed by atoms with van der Waals surface area (Å²) in [4.78, 5) is 10.9. The molecule has 2 unspecified atom stereocenters. The Labute approximate surface area is 73.5 Å². The van der Waals surface area contributed by atoms with Crippen LogP contribution in [0.3, 0.4) is 0 Å². The summed E-state index contributed by atoms with van der Waals surface area (Å²) in [5, 5.41) is 2.67. The Morgan fingerprint density at radius 1 is 1.58 bits per heavy atom. The first-order valence-electron chi connectivity index (χ1n) is 4.25. The largest absolute Gasteiger partial charge is 0.450 e. The molecule has 0 spiro atoms. The molecule has 4 heteroatoms. The van der Waals surface area contributed by atoms with Crippen molar-refractivity contribution >= 4 is 6.09 Å². The molecular formula is C8H18N2O2. The van der Waals surface area contributed by atoms with Gasteiger partial charge in [0.2, 0.25) is 0 Å². The Morgan fingerprint density at radius 3 is 2.58 bits per heavy atom. The van der Waals surface area contributed by atoms with Crippen molar-refractivity contribution in [3.05, 3.63) is 0 Å². The maximum atomic E-state index is 10.9. The summed E-state index contributed by atoms with van der Waals surface area (Å²) in [6.45, 7) is 5.98. The van der Waals surface area contributed by atoms with Gasteiger partial charge in [-0.1, -0.05) is 0 Å². The van der Waals surface area contributed by atoms with E-state index in [9.17, 15) is 4.79 Å². The molecule has 0 aliphatic heterocycles. The van der Waals surface area contributed by atoms with Crippen LogP contribution in [-0.4, -0.2) is 24.8 Å². The molecule has 3 N–H and O–H groups in total. The van der Waals surface area contributed by atoms with Crippen molar-refractivity contribution in [2.24, 2.45) is 5.73 Å². The molecule has 0 saturated carbocycles. The van der Waals surface area contributed by atoms with Crippen LogP contribution in [0.15, 0.2) is 0 Å². The second-order valence-corrected chi connectivity index (χ2v) is 2.98. The molecule has 0 bridgehead atoms. The Bertz CT molecular complexity index is 137. The zero-order chi connectivity index (χ0) is 9.56. The van der Waals surface area contributed by atoms with Crippen molar-refractivity contribution in [2.75, 3.05) is 6.61 Å². The fourth-order valence-electron chi connectivity index (χ4n) is 0.991. The maximum absolute atomic E-state index is 10.9. The molecule has 0 aliphatic carbocycles. The van der Waals surface area contributed by atoms with E-state index in [-0.39, 0.29) is 18.2 Å². The van der Waals surface area contributed by atoms with Crippen LogP contribution >= 0.6 is 0 Å². The summed E-state index contributed by atoms with van der Waals surface area (Å²) >= 11 is 0. The number of hydrogen-bond acceptors (Lipinski definition) is 3. The van der Waals surface area contributed by atoms with Gasteiger partial charge in [0, 0.05) is 12.1 Å². The molecule has 72 valence electrons. The number of rotatable bonds is 4. The van der Waals surface area contributed by atoms with Gasteiger partial charge in [-0.25, -0.2) is 4.79 Å². The van der Waals surface area contributed by atoms with Crippen molar-refractivity contribution in [2.45, 2.75) is 39.3 Å². The minimum Gasteiger partial charge on any atom is -0.450 e. The number of carbonyl (C=O) groups is 1. The van der Waals surface area contributed by atoms with E-state index in [1.807, 2.05) is 13.8 Å². The molecule has 2 atom stereocenters. The highest BCUT2D eigenvalue weighted by Crippen LogP contribution is 1.94. The first-order chi connectivity index (χ1) is 5.56. The first kappa shape index (κ1) is 11.2. The van der Waals surface area contributed by atoms with Gasteiger partial charge in [-0.15, -0.1) is 0 Å². The van der Waals surface area contributed by atoms with Crippen LogP contribution in [0.25, 0.3) is 0 Å². The van der Waals surface area contributed by atoms with Gasteiger partial charge in [-0.2, -0.15) is 0 Å². The topological polar surface area (TPSA) is 64.3 Å². The molecule has 0 aliphatic rings. The quantitative estimate of drug-likeness (QED) is 0.664. The molecule has 0 radical (unpaired) electrons. The Balaban J connectivity index is 3.54. The third kappa shape index (κ3) is 5.97. The van der Waals surface area contributed by atoms with Crippen molar-refractivity contribution in [1.82, 2.24) is 5.32 Å². The van der Waals surface area contributed by atoms with E-state index in [0.29, 0.717) is 6.61 Å². The lowest BCUT2D eigenvalue weighted by molar-refractivity contribution is 0.148. The van der Waals surface area contributed by atoms with Crippen LogP contribution in [0, 0.1) is 0 Å². The minimum atomic E-state index is -0.370. The second-order valence-electron chi connectivity index (χ2n) is 2.98. The second kappa shape index (κ2) is 5.83. The SMILES string of the molecule is CCOC(=O)NC(C)CC(C)N. The summed E-state index contributed by atoms with van der Waals surface area (Å²) in [5.74, 6) is 0. The molecular weight excluding hydrogens is 156 g/mol. The lowest BCUT2D eigenvalue weighted by Crippen LogP contribution is -2.36. The lowest BCUT2D eigenvalue weighted by Gasteiger charge is -2.15. The number of ether oxygens (including phenoxy) is 1. The van der Waals surface area contributed by atoms with Gasteiger partial charge in [0.1, 0.15) is 0 Å². The number of carbonyl (C=O) groups excluding carboxylic acids is 1. The average Bonchev–Trinajstić information content (AvgIpc) is 1.84. The zero-order valence-electron chi connectivity index (χ0n) is 7.96. The number of hydrogen-bond donors (Lipinski definition) is 2. The van der Waals surface area contributed by atoms with Crippen molar-refractivity contribution < 1.29 is 9.53 Å².